The summed E-state index contributed by atoms with van der Waals surface area (Å²) in [6.07, 6.45) is 3.09. The molecule has 3 heteroatoms. The van der Waals surface area contributed by atoms with Crippen LogP contribution in [0.15, 0.2) is 18.2 Å². The number of hydrogen-bond donors (Lipinski definition) is 1. The Morgan fingerprint density at radius 1 is 1.35 bits per heavy atom. The van der Waals surface area contributed by atoms with Crippen molar-refractivity contribution in [2.24, 2.45) is 0 Å². The van der Waals surface area contributed by atoms with Crippen LogP contribution in [0.1, 0.15) is 40.7 Å². The third kappa shape index (κ3) is 2.63. The number of amides is 1. The van der Waals surface area contributed by atoms with E-state index in [2.05, 4.69) is 5.32 Å². The Balaban J connectivity index is 2.12. The molecular weight excluding hydrogens is 234 g/mol. The molecule has 1 aromatic rings. The third-order valence-corrected chi connectivity index (χ3v) is 4.12. The smallest absolute Gasteiger partial charge is 0.251 e. The maximum absolute atomic E-state index is 12.1. The second-order valence-electron chi connectivity index (χ2n) is 4.77. The second-order valence-corrected chi connectivity index (χ2v) is 5.33. The van der Waals surface area contributed by atoms with Gasteiger partial charge < -0.3 is 5.32 Å². The minimum absolute atomic E-state index is 0.00347. The molecule has 0 spiro atoms. The van der Waals surface area contributed by atoms with Crippen LogP contribution >= 0.6 is 11.6 Å². The van der Waals surface area contributed by atoms with Gasteiger partial charge in [0.05, 0.1) is 5.38 Å². The summed E-state index contributed by atoms with van der Waals surface area (Å²) < 4.78 is 0. The van der Waals surface area contributed by atoms with Crippen LogP contribution in [0, 0.1) is 13.8 Å². The summed E-state index contributed by atoms with van der Waals surface area (Å²) in [4.78, 5) is 12.1. The van der Waals surface area contributed by atoms with Crippen molar-refractivity contribution in [3.63, 3.8) is 0 Å². The predicted octanol–water partition coefficient (Wildman–Crippen LogP) is 3.19. The number of rotatable bonds is 2. The summed E-state index contributed by atoms with van der Waals surface area (Å²) in [7, 11) is 0. The summed E-state index contributed by atoms with van der Waals surface area (Å²) in [6.45, 7) is 4.00. The Morgan fingerprint density at radius 3 is 2.76 bits per heavy atom. The van der Waals surface area contributed by atoms with Gasteiger partial charge in [-0.25, -0.2) is 0 Å². The van der Waals surface area contributed by atoms with Gasteiger partial charge in [-0.1, -0.05) is 12.1 Å². The third-order valence-electron chi connectivity index (χ3n) is 3.60. The molecular formula is C14H18ClNO. The fourth-order valence-electron chi connectivity index (χ4n) is 2.32. The molecule has 1 fully saturated rings. The van der Waals surface area contributed by atoms with E-state index < -0.39 is 0 Å². The first-order valence-electron chi connectivity index (χ1n) is 6.10. The molecule has 2 atom stereocenters. The molecule has 17 heavy (non-hydrogen) atoms. The van der Waals surface area contributed by atoms with E-state index in [0.29, 0.717) is 0 Å². The number of aryl methyl sites for hydroxylation is 1. The molecule has 1 aromatic carbocycles. The molecule has 0 saturated heterocycles. The molecule has 0 aromatic heterocycles. The Hall–Kier alpha value is -1.02. The summed E-state index contributed by atoms with van der Waals surface area (Å²) in [5.74, 6) is 0.00347. The number of carbonyl (C=O) groups excluding carboxylic acids is 1. The molecule has 2 rings (SSSR count). The van der Waals surface area contributed by atoms with Gasteiger partial charge in [-0.15, -0.1) is 11.6 Å². The van der Waals surface area contributed by atoms with Crippen LogP contribution in [-0.2, 0) is 0 Å². The van der Waals surface area contributed by atoms with Crippen LogP contribution in [0.4, 0.5) is 0 Å². The number of hydrogen-bond acceptors (Lipinski definition) is 1. The van der Waals surface area contributed by atoms with E-state index in [0.717, 1.165) is 36.0 Å². The number of nitrogens with one attached hydrogen (secondary N) is 1. The van der Waals surface area contributed by atoms with Crippen molar-refractivity contribution in [1.29, 1.82) is 0 Å². The van der Waals surface area contributed by atoms with E-state index in [-0.39, 0.29) is 17.3 Å². The van der Waals surface area contributed by atoms with Crippen molar-refractivity contribution < 1.29 is 4.79 Å². The van der Waals surface area contributed by atoms with Gasteiger partial charge in [-0.3, -0.25) is 4.79 Å². The van der Waals surface area contributed by atoms with E-state index in [1.165, 1.54) is 0 Å². The van der Waals surface area contributed by atoms with Crippen molar-refractivity contribution in [2.75, 3.05) is 0 Å². The maximum atomic E-state index is 12.1. The Morgan fingerprint density at radius 2 is 2.12 bits per heavy atom. The average molecular weight is 252 g/mol. The van der Waals surface area contributed by atoms with Crippen LogP contribution < -0.4 is 5.32 Å². The summed E-state index contributed by atoms with van der Waals surface area (Å²) in [6, 6.07) is 5.94. The second kappa shape index (κ2) is 5.09. The highest BCUT2D eigenvalue weighted by Crippen LogP contribution is 2.24. The highest BCUT2D eigenvalue weighted by Gasteiger charge is 2.27. The normalized spacial score (nSPS) is 23.7. The van der Waals surface area contributed by atoms with E-state index in [4.69, 9.17) is 11.6 Å². The van der Waals surface area contributed by atoms with Crippen molar-refractivity contribution in [2.45, 2.75) is 44.5 Å². The van der Waals surface area contributed by atoms with E-state index in [1.807, 2.05) is 32.0 Å². The predicted molar refractivity (Wildman–Crippen MR) is 70.7 cm³/mol. The largest absolute Gasteiger partial charge is 0.348 e. The van der Waals surface area contributed by atoms with Gasteiger partial charge >= 0.3 is 0 Å². The lowest BCUT2D eigenvalue weighted by Gasteiger charge is -2.17. The lowest BCUT2D eigenvalue weighted by atomic mass is 10.0. The summed E-state index contributed by atoms with van der Waals surface area (Å²) in [5.41, 5.74) is 2.96. The number of carbonyl (C=O) groups is 1. The van der Waals surface area contributed by atoms with E-state index >= 15 is 0 Å². The van der Waals surface area contributed by atoms with Crippen molar-refractivity contribution >= 4 is 17.5 Å². The van der Waals surface area contributed by atoms with Gasteiger partial charge in [0.2, 0.25) is 0 Å². The van der Waals surface area contributed by atoms with Crippen LogP contribution in [-0.4, -0.2) is 17.3 Å². The topological polar surface area (TPSA) is 29.1 Å². The quantitative estimate of drug-likeness (QED) is 0.804. The summed E-state index contributed by atoms with van der Waals surface area (Å²) in [5, 5.41) is 3.13. The fraction of sp³-hybridized carbons (Fsp3) is 0.500. The van der Waals surface area contributed by atoms with Gasteiger partial charge in [0.1, 0.15) is 0 Å². The average Bonchev–Trinajstić information content (AvgIpc) is 2.68. The molecule has 1 amide bonds. The van der Waals surface area contributed by atoms with Crippen LogP contribution in [0.3, 0.4) is 0 Å². The summed E-state index contributed by atoms with van der Waals surface area (Å²) >= 11 is 6.17. The van der Waals surface area contributed by atoms with Gasteiger partial charge in [0, 0.05) is 11.6 Å². The molecule has 1 aliphatic carbocycles. The van der Waals surface area contributed by atoms with Crippen LogP contribution in [0.5, 0.6) is 0 Å². The maximum Gasteiger partial charge on any atom is 0.251 e. The highest BCUT2D eigenvalue weighted by atomic mass is 35.5. The first-order valence-corrected chi connectivity index (χ1v) is 6.54. The zero-order chi connectivity index (χ0) is 12.4. The van der Waals surface area contributed by atoms with Crippen molar-refractivity contribution in [3.05, 3.63) is 34.9 Å². The Kier molecular flexibility index (Phi) is 3.72. The molecule has 92 valence electrons. The zero-order valence-corrected chi connectivity index (χ0v) is 11.1. The molecule has 0 heterocycles. The first kappa shape index (κ1) is 12.4. The van der Waals surface area contributed by atoms with E-state index in [9.17, 15) is 4.79 Å². The van der Waals surface area contributed by atoms with E-state index in [1.54, 1.807) is 0 Å². The number of alkyl halides is 1. The fourth-order valence-corrected chi connectivity index (χ4v) is 2.66. The Labute approximate surface area is 107 Å². The standard InChI is InChI=1S/C14H18ClNO/c1-9-5-3-6-11(10(9)2)14(17)16-13-8-4-7-12(13)15/h3,5-6,12-13H,4,7-8H2,1-2H3,(H,16,17). The zero-order valence-electron chi connectivity index (χ0n) is 10.3. The molecule has 1 aliphatic rings. The van der Waals surface area contributed by atoms with Crippen LogP contribution in [0.25, 0.3) is 0 Å². The molecule has 0 bridgehead atoms. The molecule has 1 saturated carbocycles. The highest BCUT2D eigenvalue weighted by molar-refractivity contribution is 6.21. The lowest BCUT2D eigenvalue weighted by molar-refractivity contribution is 0.0937. The molecule has 2 unspecified atom stereocenters. The van der Waals surface area contributed by atoms with Gasteiger partial charge in [0.15, 0.2) is 0 Å². The molecule has 0 aliphatic heterocycles. The van der Waals surface area contributed by atoms with Crippen molar-refractivity contribution in [3.8, 4) is 0 Å². The minimum atomic E-state index is 0.00347. The lowest BCUT2D eigenvalue weighted by Crippen LogP contribution is -2.38. The van der Waals surface area contributed by atoms with Gasteiger partial charge in [0.25, 0.3) is 5.91 Å². The molecule has 2 nitrogen and oxygen atoms in total. The van der Waals surface area contributed by atoms with Gasteiger partial charge in [-0.2, -0.15) is 0 Å². The van der Waals surface area contributed by atoms with Gasteiger partial charge in [-0.05, 0) is 50.3 Å². The molecule has 0 radical (unpaired) electrons. The number of benzene rings is 1. The molecule has 1 N–H and O–H groups in total. The monoisotopic (exact) mass is 251 g/mol. The Bertz CT molecular complexity index is 430. The SMILES string of the molecule is Cc1cccc(C(=O)NC2CCCC2Cl)c1C. The van der Waals surface area contributed by atoms with Crippen molar-refractivity contribution in [1.82, 2.24) is 5.32 Å². The number of halogens is 1. The first-order chi connectivity index (χ1) is 8.09. The van der Waals surface area contributed by atoms with Crippen LogP contribution in [0.2, 0.25) is 0 Å². The minimum Gasteiger partial charge on any atom is -0.348 e.